The van der Waals surface area contributed by atoms with Gasteiger partial charge < -0.3 is 5.32 Å². The van der Waals surface area contributed by atoms with Gasteiger partial charge in [-0.05, 0) is 32.3 Å². The fourth-order valence-corrected chi connectivity index (χ4v) is 1.41. The molecular formula is C10H14ClN2Si. The van der Waals surface area contributed by atoms with Gasteiger partial charge in [0.25, 0.3) is 0 Å². The van der Waals surface area contributed by atoms with Crippen LogP contribution in [0, 0.1) is 0 Å². The minimum atomic E-state index is 0.251. The lowest BCUT2D eigenvalue weighted by Gasteiger charge is -2.23. The van der Waals surface area contributed by atoms with Crippen LogP contribution in [-0.4, -0.2) is 35.4 Å². The number of anilines is 1. The average Bonchev–Trinajstić information content (AvgIpc) is 2.12. The SMILES string of the molecule is CC(Nc1cccc([Si])c1Cl)N(C)C. The summed E-state index contributed by atoms with van der Waals surface area (Å²) in [6.07, 6.45) is 0.251. The van der Waals surface area contributed by atoms with E-state index in [1.807, 2.05) is 32.3 Å². The largest absolute Gasteiger partial charge is 0.369 e. The lowest BCUT2D eigenvalue weighted by molar-refractivity contribution is 0.344. The molecular weight excluding hydrogens is 212 g/mol. The number of hydrogen-bond acceptors (Lipinski definition) is 2. The second-order valence-electron chi connectivity index (χ2n) is 3.45. The molecule has 4 heteroatoms. The van der Waals surface area contributed by atoms with Gasteiger partial charge in [0.05, 0.1) is 27.1 Å². The van der Waals surface area contributed by atoms with Gasteiger partial charge in [-0.2, -0.15) is 0 Å². The van der Waals surface area contributed by atoms with Crippen molar-refractivity contribution >= 4 is 32.7 Å². The fraction of sp³-hybridized carbons (Fsp3) is 0.400. The summed E-state index contributed by atoms with van der Waals surface area (Å²) >= 11 is 6.11. The van der Waals surface area contributed by atoms with E-state index in [0.717, 1.165) is 15.9 Å². The van der Waals surface area contributed by atoms with Crippen LogP contribution in [0.5, 0.6) is 0 Å². The molecule has 0 aromatic heterocycles. The van der Waals surface area contributed by atoms with Crippen molar-refractivity contribution in [1.29, 1.82) is 0 Å². The van der Waals surface area contributed by atoms with Crippen LogP contribution in [0.1, 0.15) is 6.92 Å². The van der Waals surface area contributed by atoms with Gasteiger partial charge in [-0.15, -0.1) is 0 Å². The molecule has 0 aliphatic rings. The van der Waals surface area contributed by atoms with Gasteiger partial charge in [-0.1, -0.05) is 23.7 Å². The second kappa shape index (κ2) is 4.82. The van der Waals surface area contributed by atoms with E-state index in [1.165, 1.54) is 0 Å². The Morgan fingerprint density at radius 1 is 1.43 bits per heavy atom. The first-order valence-electron chi connectivity index (χ1n) is 4.45. The standard InChI is InChI=1S/C10H14ClN2Si/c1-7(13(2)3)12-8-5-4-6-9(14)10(8)11/h4-7,12H,1-3H3. The Morgan fingerprint density at radius 3 is 2.64 bits per heavy atom. The molecule has 75 valence electrons. The van der Waals surface area contributed by atoms with Gasteiger partial charge in [0.15, 0.2) is 0 Å². The summed E-state index contributed by atoms with van der Waals surface area (Å²) in [7, 11) is 7.47. The number of nitrogens with one attached hydrogen (secondary N) is 1. The van der Waals surface area contributed by atoms with Crippen molar-refractivity contribution in [3.63, 3.8) is 0 Å². The Bertz CT molecular complexity index is 315. The Labute approximate surface area is 93.7 Å². The second-order valence-corrected chi connectivity index (χ2v) is 4.37. The van der Waals surface area contributed by atoms with E-state index in [9.17, 15) is 0 Å². The van der Waals surface area contributed by atoms with Gasteiger partial charge in [-0.3, -0.25) is 4.90 Å². The summed E-state index contributed by atoms with van der Waals surface area (Å²) in [6.45, 7) is 2.08. The summed E-state index contributed by atoms with van der Waals surface area (Å²) in [4.78, 5) is 2.08. The highest BCUT2D eigenvalue weighted by Crippen LogP contribution is 2.19. The van der Waals surface area contributed by atoms with Gasteiger partial charge in [-0.25, -0.2) is 0 Å². The molecule has 0 saturated carbocycles. The smallest absolute Gasteiger partial charge is 0.0759 e. The molecule has 2 nitrogen and oxygen atoms in total. The van der Waals surface area contributed by atoms with E-state index in [1.54, 1.807) is 0 Å². The van der Waals surface area contributed by atoms with Gasteiger partial charge >= 0.3 is 0 Å². The van der Waals surface area contributed by atoms with Gasteiger partial charge in [0.1, 0.15) is 0 Å². The molecule has 0 spiro atoms. The molecule has 1 unspecified atom stereocenters. The lowest BCUT2D eigenvalue weighted by atomic mass is 10.3. The van der Waals surface area contributed by atoms with E-state index >= 15 is 0 Å². The zero-order valence-corrected chi connectivity index (χ0v) is 10.4. The summed E-state index contributed by atoms with van der Waals surface area (Å²) in [5.41, 5.74) is 0.945. The summed E-state index contributed by atoms with van der Waals surface area (Å²) in [5.74, 6) is 0. The molecule has 1 atom stereocenters. The normalized spacial score (nSPS) is 13.0. The molecule has 1 rings (SSSR count). The van der Waals surface area contributed by atoms with Crippen LogP contribution in [0.15, 0.2) is 18.2 Å². The molecule has 3 radical (unpaired) electrons. The number of nitrogens with zero attached hydrogens (tertiary/aromatic N) is 1. The first-order valence-corrected chi connectivity index (χ1v) is 5.33. The highest BCUT2D eigenvalue weighted by molar-refractivity contribution is 6.46. The number of halogens is 1. The van der Waals surface area contributed by atoms with Crippen molar-refractivity contribution in [1.82, 2.24) is 4.90 Å². The number of benzene rings is 1. The van der Waals surface area contributed by atoms with Crippen LogP contribution in [0.3, 0.4) is 0 Å². The van der Waals surface area contributed by atoms with Crippen molar-refractivity contribution in [3.8, 4) is 0 Å². The van der Waals surface area contributed by atoms with Gasteiger partial charge in [0, 0.05) is 0 Å². The third-order valence-corrected chi connectivity index (χ3v) is 3.12. The maximum Gasteiger partial charge on any atom is 0.0759 e. The molecule has 1 aromatic carbocycles. The first kappa shape index (κ1) is 11.6. The molecule has 1 N–H and O–H groups in total. The maximum absolute atomic E-state index is 6.11. The third kappa shape index (κ3) is 2.74. The van der Waals surface area contributed by atoms with Crippen LogP contribution >= 0.6 is 11.6 Å². The van der Waals surface area contributed by atoms with Crippen LogP contribution in [0.25, 0.3) is 0 Å². The van der Waals surface area contributed by atoms with E-state index in [0.29, 0.717) is 0 Å². The zero-order valence-electron chi connectivity index (χ0n) is 8.63. The molecule has 0 fully saturated rings. The highest BCUT2D eigenvalue weighted by atomic mass is 35.5. The third-order valence-electron chi connectivity index (χ3n) is 2.14. The predicted molar refractivity (Wildman–Crippen MR) is 63.6 cm³/mol. The van der Waals surface area contributed by atoms with Crippen LogP contribution in [-0.2, 0) is 0 Å². The Morgan fingerprint density at radius 2 is 2.07 bits per heavy atom. The summed E-state index contributed by atoms with van der Waals surface area (Å²) < 4.78 is 0. The molecule has 0 aliphatic heterocycles. The van der Waals surface area contributed by atoms with Crippen molar-refractivity contribution in [2.75, 3.05) is 19.4 Å². The van der Waals surface area contributed by atoms with Crippen LogP contribution in [0.4, 0.5) is 5.69 Å². The topological polar surface area (TPSA) is 15.3 Å². The minimum absolute atomic E-state index is 0.251. The quantitative estimate of drug-likeness (QED) is 0.619. The fourth-order valence-electron chi connectivity index (χ4n) is 0.998. The number of hydrogen-bond donors (Lipinski definition) is 1. The monoisotopic (exact) mass is 225 g/mol. The Hall–Kier alpha value is -0.513. The summed E-state index contributed by atoms with van der Waals surface area (Å²) in [6, 6.07) is 5.84. The van der Waals surface area contributed by atoms with Crippen LogP contribution < -0.4 is 10.5 Å². The van der Waals surface area contributed by atoms with Crippen molar-refractivity contribution in [2.24, 2.45) is 0 Å². The predicted octanol–water partition coefficient (Wildman–Crippen LogP) is 1.45. The summed E-state index contributed by atoms with van der Waals surface area (Å²) in [5, 5.41) is 4.94. The van der Waals surface area contributed by atoms with E-state index in [4.69, 9.17) is 11.6 Å². The van der Waals surface area contributed by atoms with Crippen molar-refractivity contribution in [3.05, 3.63) is 23.2 Å². The molecule has 14 heavy (non-hydrogen) atoms. The van der Waals surface area contributed by atoms with Crippen molar-refractivity contribution < 1.29 is 0 Å². The molecule has 1 aromatic rings. The molecule has 0 heterocycles. The Kier molecular flexibility index (Phi) is 3.98. The van der Waals surface area contributed by atoms with E-state index in [2.05, 4.69) is 27.4 Å². The molecule has 0 saturated heterocycles. The van der Waals surface area contributed by atoms with E-state index < -0.39 is 0 Å². The minimum Gasteiger partial charge on any atom is -0.369 e. The average molecular weight is 226 g/mol. The zero-order chi connectivity index (χ0) is 10.7. The van der Waals surface area contributed by atoms with E-state index in [-0.39, 0.29) is 6.17 Å². The maximum atomic E-state index is 6.11. The number of rotatable bonds is 3. The Balaban J connectivity index is 2.82. The molecule has 0 amide bonds. The first-order chi connectivity index (χ1) is 6.52. The molecule has 0 aliphatic carbocycles. The molecule has 0 bridgehead atoms. The van der Waals surface area contributed by atoms with Gasteiger partial charge in [0.2, 0.25) is 0 Å². The highest BCUT2D eigenvalue weighted by Gasteiger charge is 2.07. The lowest BCUT2D eigenvalue weighted by Crippen LogP contribution is -2.32. The van der Waals surface area contributed by atoms with Crippen LogP contribution in [0.2, 0.25) is 5.02 Å². The van der Waals surface area contributed by atoms with Crippen molar-refractivity contribution in [2.45, 2.75) is 13.1 Å².